The molecule has 0 aliphatic rings. The summed E-state index contributed by atoms with van der Waals surface area (Å²) >= 11 is 0. The summed E-state index contributed by atoms with van der Waals surface area (Å²) in [6.45, 7) is 1.68. The minimum atomic E-state index is -4.00. The van der Waals surface area contributed by atoms with E-state index in [0.717, 1.165) is 22.0 Å². The van der Waals surface area contributed by atoms with Crippen LogP contribution in [0.1, 0.15) is 27.0 Å². The van der Waals surface area contributed by atoms with Crippen LogP contribution in [-0.2, 0) is 23.5 Å². The summed E-state index contributed by atoms with van der Waals surface area (Å²) < 4.78 is 35.1. The molecule has 0 spiro atoms. The highest BCUT2D eigenvalue weighted by atomic mass is 32.2. The second-order valence-electron chi connectivity index (χ2n) is 7.95. The fourth-order valence-corrected chi connectivity index (χ4v) is 5.18. The van der Waals surface area contributed by atoms with E-state index in [9.17, 15) is 13.2 Å². The maximum Gasteiger partial charge on any atom is 0.265 e. The number of aryl methyl sites for hydroxylation is 2. The summed E-state index contributed by atoms with van der Waals surface area (Å²) in [5, 5.41) is 1.05. The normalized spacial score (nSPS) is 11.5. The Bertz CT molecular complexity index is 1470. The lowest BCUT2D eigenvalue weighted by atomic mass is 10.0. The lowest BCUT2D eigenvalue weighted by molar-refractivity contribution is 0.0981. The molecule has 1 aromatic heterocycles. The van der Waals surface area contributed by atoms with Gasteiger partial charge in [-0.25, -0.2) is 13.1 Å². The number of fused-ring (bicyclic) bond motifs is 1. The molecule has 3 aromatic carbocycles. The van der Waals surface area contributed by atoms with Crippen LogP contribution in [0.2, 0.25) is 0 Å². The molecule has 7 nitrogen and oxygen atoms in total. The first-order valence-corrected chi connectivity index (χ1v) is 11.8. The third-order valence-corrected chi connectivity index (χ3v) is 7.13. The van der Waals surface area contributed by atoms with Gasteiger partial charge in [0.05, 0.1) is 12.0 Å². The smallest absolute Gasteiger partial charge is 0.265 e. The van der Waals surface area contributed by atoms with Gasteiger partial charge in [-0.05, 0) is 60.0 Å². The molecule has 8 heteroatoms. The van der Waals surface area contributed by atoms with E-state index in [-0.39, 0.29) is 10.5 Å². The number of methoxy groups -OCH3 is 1. The zero-order valence-electron chi connectivity index (χ0n) is 18.6. The van der Waals surface area contributed by atoms with Gasteiger partial charge in [0.15, 0.2) is 0 Å². The standard InChI is InChI=1S/C25H25N3O4S/c1-16-6-4-5-7-24(16)33(30,31)27-25(29)18-9-8-17(23(13-18)32-3)12-19-15-28(2)22-11-10-20(26)14-21(19)22/h4-11,13-15H,12,26H2,1-3H3,(H,27,29). The van der Waals surface area contributed by atoms with Crippen molar-refractivity contribution < 1.29 is 17.9 Å². The number of nitrogen functional groups attached to an aromatic ring is 1. The molecule has 0 atom stereocenters. The quantitative estimate of drug-likeness (QED) is 0.424. The first-order valence-electron chi connectivity index (χ1n) is 10.3. The number of aromatic nitrogens is 1. The Kier molecular flexibility index (Phi) is 5.86. The highest BCUT2D eigenvalue weighted by Gasteiger charge is 2.21. The van der Waals surface area contributed by atoms with Crippen molar-refractivity contribution in [3.63, 3.8) is 0 Å². The molecule has 4 rings (SSSR count). The van der Waals surface area contributed by atoms with Crippen molar-refractivity contribution in [2.45, 2.75) is 18.2 Å². The van der Waals surface area contributed by atoms with Gasteiger partial charge in [-0.1, -0.05) is 24.3 Å². The number of rotatable bonds is 6. The topological polar surface area (TPSA) is 103 Å². The van der Waals surface area contributed by atoms with Crippen molar-refractivity contribution in [1.82, 2.24) is 9.29 Å². The molecule has 0 aliphatic carbocycles. The van der Waals surface area contributed by atoms with Crippen LogP contribution in [0.25, 0.3) is 10.9 Å². The van der Waals surface area contributed by atoms with E-state index in [2.05, 4.69) is 4.72 Å². The van der Waals surface area contributed by atoms with Crippen molar-refractivity contribution in [3.8, 4) is 5.75 Å². The predicted molar refractivity (Wildman–Crippen MR) is 129 cm³/mol. The first kappa shape index (κ1) is 22.4. The van der Waals surface area contributed by atoms with Gasteiger partial charge in [-0.2, -0.15) is 0 Å². The van der Waals surface area contributed by atoms with Crippen LogP contribution < -0.4 is 15.2 Å². The van der Waals surface area contributed by atoms with Crippen molar-refractivity contribution in [2.75, 3.05) is 12.8 Å². The lowest BCUT2D eigenvalue weighted by Crippen LogP contribution is -2.31. The Hall–Kier alpha value is -3.78. The van der Waals surface area contributed by atoms with E-state index >= 15 is 0 Å². The van der Waals surface area contributed by atoms with Crippen molar-refractivity contribution in [1.29, 1.82) is 0 Å². The number of amides is 1. The fraction of sp³-hybridized carbons (Fsp3) is 0.160. The van der Waals surface area contributed by atoms with Crippen molar-refractivity contribution >= 4 is 32.5 Å². The van der Waals surface area contributed by atoms with Crippen LogP contribution in [0.3, 0.4) is 0 Å². The van der Waals surface area contributed by atoms with E-state index in [1.165, 1.54) is 13.2 Å². The average molecular weight is 464 g/mol. The monoisotopic (exact) mass is 463 g/mol. The molecule has 33 heavy (non-hydrogen) atoms. The third-order valence-electron chi connectivity index (χ3n) is 5.64. The molecule has 0 fully saturated rings. The van der Waals surface area contributed by atoms with Gasteiger partial charge in [-0.15, -0.1) is 0 Å². The zero-order chi connectivity index (χ0) is 23.8. The van der Waals surface area contributed by atoms with Gasteiger partial charge in [0.1, 0.15) is 5.75 Å². The van der Waals surface area contributed by atoms with Crippen LogP contribution in [0, 0.1) is 6.92 Å². The maximum atomic E-state index is 12.7. The Morgan fingerprint density at radius 2 is 1.82 bits per heavy atom. The number of nitrogens with zero attached hydrogens (tertiary/aromatic N) is 1. The summed E-state index contributed by atoms with van der Waals surface area (Å²) in [5.74, 6) is -0.224. The molecular weight excluding hydrogens is 438 g/mol. The maximum absolute atomic E-state index is 12.7. The molecule has 4 aromatic rings. The highest BCUT2D eigenvalue weighted by Crippen LogP contribution is 2.29. The average Bonchev–Trinajstić information content (AvgIpc) is 3.08. The van der Waals surface area contributed by atoms with Gasteiger partial charge < -0.3 is 15.0 Å². The molecule has 170 valence electrons. The summed E-state index contributed by atoms with van der Waals surface area (Å²) in [4.78, 5) is 12.8. The summed E-state index contributed by atoms with van der Waals surface area (Å²) in [5.41, 5.74) is 10.4. The Morgan fingerprint density at radius 1 is 1.06 bits per heavy atom. The Balaban J connectivity index is 1.62. The molecule has 3 N–H and O–H groups in total. The van der Waals surface area contributed by atoms with Crippen LogP contribution >= 0.6 is 0 Å². The largest absolute Gasteiger partial charge is 0.496 e. The van der Waals surface area contributed by atoms with Gasteiger partial charge in [0, 0.05) is 41.8 Å². The van der Waals surface area contributed by atoms with Gasteiger partial charge in [-0.3, -0.25) is 4.79 Å². The molecule has 1 amide bonds. The number of anilines is 1. The Morgan fingerprint density at radius 3 is 2.55 bits per heavy atom. The number of nitrogens with one attached hydrogen (secondary N) is 1. The molecule has 1 heterocycles. The number of nitrogens with two attached hydrogens (primary N) is 1. The third kappa shape index (κ3) is 4.42. The molecule has 0 radical (unpaired) electrons. The van der Waals surface area contributed by atoms with Crippen LogP contribution in [0.5, 0.6) is 5.75 Å². The number of benzene rings is 3. The number of carbonyl (C=O) groups is 1. The Labute approximate surface area is 192 Å². The summed E-state index contributed by atoms with van der Waals surface area (Å²) in [6, 6.07) is 17.2. The molecule has 0 unspecified atom stereocenters. The van der Waals surface area contributed by atoms with Gasteiger partial charge in [0.2, 0.25) is 0 Å². The van der Waals surface area contributed by atoms with E-state index in [1.807, 2.05) is 36.0 Å². The van der Waals surface area contributed by atoms with E-state index in [0.29, 0.717) is 23.4 Å². The van der Waals surface area contributed by atoms with Crippen LogP contribution in [-0.4, -0.2) is 26.0 Å². The SMILES string of the molecule is COc1cc(C(=O)NS(=O)(=O)c2ccccc2C)ccc1Cc1cn(C)c2ccc(N)cc12. The van der Waals surface area contributed by atoms with Crippen LogP contribution in [0.15, 0.2) is 71.8 Å². The zero-order valence-corrected chi connectivity index (χ0v) is 19.4. The second kappa shape index (κ2) is 8.63. The molecule has 0 saturated heterocycles. The number of hydrogen-bond acceptors (Lipinski definition) is 5. The summed E-state index contributed by atoms with van der Waals surface area (Å²) in [7, 11) is -0.504. The second-order valence-corrected chi connectivity index (χ2v) is 9.60. The number of sulfonamides is 1. The minimum Gasteiger partial charge on any atom is -0.496 e. The minimum absolute atomic E-state index is 0.0668. The first-order chi connectivity index (χ1) is 15.7. The van der Waals surface area contributed by atoms with Crippen LogP contribution in [0.4, 0.5) is 5.69 Å². The van der Waals surface area contributed by atoms with E-state index in [1.54, 1.807) is 43.3 Å². The van der Waals surface area contributed by atoms with E-state index in [4.69, 9.17) is 10.5 Å². The highest BCUT2D eigenvalue weighted by molar-refractivity contribution is 7.90. The van der Waals surface area contributed by atoms with E-state index < -0.39 is 15.9 Å². The lowest BCUT2D eigenvalue weighted by Gasteiger charge is -2.12. The number of hydrogen-bond donors (Lipinski definition) is 2. The predicted octanol–water partition coefficient (Wildman–Crippen LogP) is 3.79. The summed E-state index contributed by atoms with van der Waals surface area (Å²) in [6.07, 6.45) is 2.60. The molecule has 0 saturated carbocycles. The van der Waals surface area contributed by atoms with Gasteiger partial charge in [0.25, 0.3) is 15.9 Å². The number of carbonyl (C=O) groups excluding carboxylic acids is 1. The fourth-order valence-electron chi connectivity index (χ4n) is 3.96. The number of ether oxygens (including phenoxy) is 1. The molecular formula is C25H25N3O4S. The molecule has 0 aliphatic heterocycles. The van der Waals surface area contributed by atoms with Crippen molar-refractivity contribution in [3.05, 3.63) is 89.1 Å². The molecule has 0 bridgehead atoms. The van der Waals surface area contributed by atoms with Crippen molar-refractivity contribution in [2.24, 2.45) is 7.05 Å². The van der Waals surface area contributed by atoms with Gasteiger partial charge >= 0.3 is 0 Å².